The van der Waals surface area contributed by atoms with E-state index in [2.05, 4.69) is 5.32 Å². The summed E-state index contributed by atoms with van der Waals surface area (Å²) >= 11 is 5.20. The van der Waals surface area contributed by atoms with E-state index in [1.54, 1.807) is 0 Å². The zero-order valence-electron chi connectivity index (χ0n) is 8.05. The van der Waals surface area contributed by atoms with Crippen LogP contribution in [0.3, 0.4) is 0 Å². The summed E-state index contributed by atoms with van der Waals surface area (Å²) in [5.74, 6) is 0. The minimum absolute atomic E-state index is 0.265. The highest BCUT2D eigenvalue weighted by Gasteiger charge is 2.19. The molecule has 1 atom stereocenters. The number of alkyl halides is 1. The Labute approximate surface area is 84.5 Å². The molecule has 1 aliphatic rings. The third-order valence-electron chi connectivity index (χ3n) is 2.42. The average molecular weight is 204 g/mol. The van der Waals surface area contributed by atoms with Gasteiger partial charge in [-0.05, 0) is 26.4 Å². The Kier molecular flexibility index (Phi) is 4.77. The molecule has 0 aromatic carbocycles. The molecule has 2 nitrogen and oxygen atoms in total. The van der Waals surface area contributed by atoms with Gasteiger partial charge < -0.3 is 10.2 Å². The van der Waals surface area contributed by atoms with Gasteiger partial charge in [0.2, 0.25) is 0 Å². The molecule has 1 aliphatic heterocycles. The number of rotatable bonds is 5. The number of hydrogen-bond donors (Lipinski definition) is 1. The first-order chi connectivity index (χ1) is 6.24. The Morgan fingerprint density at radius 2 is 2.38 bits per heavy atom. The molecule has 1 N–H and O–H groups in total. The Morgan fingerprint density at radius 1 is 1.62 bits per heavy atom. The highest BCUT2D eigenvalue weighted by molar-refractivity contribution is 7.80. The lowest BCUT2D eigenvalue weighted by molar-refractivity contribution is 0.288. The lowest BCUT2D eigenvalue weighted by Gasteiger charge is -2.17. The van der Waals surface area contributed by atoms with Crippen molar-refractivity contribution in [3.8, 4) is 0 Å². The molecule has 0 aliphatic carbocycles. The first kappa shape index (κ1) is 11.0. The number of halogens is 1. The SMILES string of the molecule is CN(CCF)CCC1NCCC1=S. The smallest absolute Gasteiger partial charge is 0.102 e. The molecule has 4 heteroatoms. The second-order valence-corrected chi connectivity index (χ2v) is 4.03. The summed E-state index contributed by atoms with van der Waals surface area (Å²) in [5, 5.41) is 3.34. The number of thiocarbonyl (C=S) groups is 1. The summed E-state index contributed by atoms with van der Waals surface area (Å²) in [6.07, 6.45) is 2.03. The summed E-state index contributed by atoms with van der Waals surface area (Å²) in [7, 11) is 1.94. The maximum absolute atomic E-state index is 11.9. The van der Waals surface area contributed by atoms with E-state index >= 15 is 0 Å². The van der Waals surface area contributed by atoms with Crippen LogP contribution in [0.4, 0.5) is 4.39 Å². The maximum atomic E-state index is 11.9. The molecule has 1 unspecified atom stereocenters. The second-order valence-electron chi connectivity index (χ2n) is 3.50. The highest BCUT2D eigenvalue weighted by Crippen LogP contribution is 2.07. The minimum Gasteiger partial charge on any atom is -0.309 e. The van der Waals surface area contributed by atoms with Crippen LogP contribution in [-0.4, -0.2) is 49.2 Å². The van der Waals surface area contributed by atoms with Gasteiger partial charge in [-0.3, -0.25) is 0 Å². The summed E-state index contributed by atoms with van der Waals surface area (Å²) in [6.45, 7) is 2.19. The van der Waals surface area contributed by atoms with E-state index in [0.717, 1.165) is 30.8 Å². The van der Waals surface area contributed by atoms with Crippen LogP contribution in [0.5, 0.6) is 0 Å². The zero-order valence-corrected chi connectivity index (χ0v) is 8.87. The molecule has 0 saturated carbocycles. The number of hydrogen-bond acceptors (Lipinski definition) is 3. The first-order valence-electron chi connectivity index (χ1n) is 4.74. The van der Waals surface area contributed by atoms with Crippen LogP contribution in [0.2, 0.25) is 0 Å². The van der Waals surface area contributed by atoms with Crippen LogP contribution in [-0.2, 0) is 0 Å². The van der Waals surface area contributed by atoms with Crippen molar-refractivity contribution in [3.63, 3.8) is 0 Å². The monoisotopic (exact) mass is 204 g/mol. The van der Waals surface area contributed by atoms with E-state index < -0.39 is 0 Å². The predicted molar refractivity (Wildman–Crippen MR) is 57.1 cm³/mol. The van der Waals surface area contributed by atoms with Crippen molar-refractivity contribution in [2.45, 2.75) is 18.9 Å². The van der Waals surface area contributed by atoms with Crippen LogP contribution in [0.15, 0.2) is 0 Å². The molecule has 0 amide bonds. The molecular weight excluding hydrogens is 187 g/mol. The molecule has 0 aromatic rings. The van der Waals surface area contributed by atoms with Gasteiger partial charge in [0.05, 0.1) is 0 Å². The largest absolute Gasteiger partial charge is 0.309 e. The summed E-state index contributed by atoms with van der Waals surface area (Å²) in [6, 6.07) is 0.386. The quantitative estimate of drug-likeness (QED) is 0.673. The van der Waals surface area contributed by atoms with Gasteiger partial charge in [-0.2, -0.15) is 0 Å². The van der Waals surface area contributed by atoms with E-state index in [1.165, 1.54) is 0 Å². The normalized spacial score (nSPS) is 23.0. The molecule has 1 fully saturated rings. The van der Waals surface area contributed by atoms with Crippen molar-refractivity contribution < 1.29 is 4.39 Å². The number of nitrogens with one attached hydrogen (secondary N) is 1. The van der Waals surface area contributed by atoms with Gasteiger partial charge in [0.25, 0.3) is 0 Å². The molecular formula is C9H17FN2S. The van der Waals surface area contributed by atoms with Gasteiger partial charge in [-0.15, -0.1) is 0 Å². The summed E-state index contributed by atoms with van der Waals surface area (Å²) in [5.41, 5.74) is 0. The van der Waals surface area contributed by atoms with Gasteiger partial charge in [0.15, 0.2) is 0 Å². The van der Waals surface area contributed by atoms with Gasteiger partial charge in [-0.1, -0.05) is 12.2 Å². The zero-order chi connectivity index (χ0) is 9.68. The van der Waals surface area contributed by atoms with E-state index in [9.17, 15) is 4.39 Å². The lowest BCUT2D eigenvalue weighted by Crippen LogP contribution is -2.32. The van der Waals surface area contributed by atoms with Gasteiger partial charge in [-0.25, -0.2) is 4.39 Å². The Balaban J connectivity index is 2.14. The van der Waals surface area contributed by atoms with E-state index in [4.69, 9.17) is 12.2 Å². The third kappa shape index (κ3) is 3.67. The second kappa shape index (κ2) is 5.62. The Morgan fingerprint density at radius 3 is 2.92 bits per heavy atom. The molecule has 0 radical (unpaired) electrons. The number of nitrogens with zero attached hydrogens (tertiary/aromatic N) is 1. The molecule has 1 heterocycles. The van der Waals surface area contributed by atoms with Crippen molar-refractivity contribution in [1.82, 2.24) is 10.2 Å². The third-order valence-corrected chi connectivity index (χ3v) is 2.91. The topological polar surface area (TPSA) is 15.3 Å². The van der Waals surface area contributed by atoms with E-state index in [1.807, 2.05) is 11.9 Å². The fourth-order valence-corrected chi connectivity index (χ4v) is 1.83. The maximum Gasteiger partial charge on any atom is 0.102 e. The average Bonchev–Trinajstić information content (AvgIpc) is 2.48. The Bertz CT molecular complexity index is 175. The van der Waals surface area contributed by atoms with Gasteiger partial charge >= 0.3 is 0 Å². The fourth-order valence-electron chi connectivity index (χ4n) is 1.53. The van der Waals surface area contributed by atoms with Crippen LogP contribution in [0, 0.1) is 0 Å². The molecule has 0 bridgehead atoms. The van der Waals surface area contributed by atoms with Crippen LogP contribution >= 0.6 is 12.2 Å². The lowest BCUT2D eigenvalue weighted by atomic mass is 10.1. The van der Waals surface area contributed by atoms with Crippen molar-refractivity contribution in [3.05, 3.63) is 0 Å². The summed E-state index contributed by atoms with van der Waals surface area (Å²) in [4.78, 5) is 3.14. The fraction of sp³-hybridized carbons (Fsp3) is 0.889. The molecule has 13 heavy (non-hydrogen) atoms. The molecule has 1 saturated heterocycles. The van der Waals surface area contributed by atoms with E-state index in [-0.39, 0.29) is 6.67 Å². The summed E-state index contributed by atoms with van der Waals surface area (Å²) < 4.78 is 11.9. The molecule has 76 valence electrons. The predicted octanol–water partition coefficient (Wildman–Crippen LogP) is 1.01. The van der Waals surface area contributed by atoms with Crippen molar-refractivity contribution in [1.29, 1.82) is 0 Å². The highest BCUT2D eigenvalue weighted by atomic mass is 32.1. The van der Waals surface area contributed by atoms with Gasteiger partial charge in [0, 0.05) is 24.0 Å². The molecule has 1 rings (SSSR count). The van der Waals surface area contributed by atoms with Crippen LogP contribution in [0.25, 0.3) is 0 Å². The van der Waals surface area contributed by atoms with Crippen molar-refractivity contribution >= 4 is 17.1 Å². The van der Waals surface area contributed by atoms with E-state index in [0.29, 0.717) is 12.6 Å². The van der Waals surface area contributed by atoms with Crippen LogP contribution in [0.1, 0.15) is 12.8 Å². The molecule has 0 aromatic heterocycles. The van der Waals surface area contributed by atoms with Crippen molar-refractivity contribution in [2.75, 3.05) is 33.4 Å². The standard InChI is InChI=1S/C9H17FN2S/c1-12(7-4-10)6-3-8-9(13)2-5-11-8/h8,11H,2-7H2,1H3. The molecule has 0 spiro atoms. The first-order valence-corrected chi connectivity index (χ1v) is 5.15. The van der Waals surface area contributed by atoms with Gasteiger partial charge in [0.1, 0.15) is 6.67 Å². The van der Waals surface area contributed by atoms with Crippen LogP contribution < -0.4 is 5.32 Å². The minimum atomic E-state index is -0.265. The Hall–Kier alpha value is -0.0600. The van der Waals surface area contributed by atoms with Crippen molar-refractivity contribution in [2.24, 2.45) is 0 Å².